The zero-order valence-corrected chi connectivity index (χ0v) is 19.8. The molecule has 0 unspecified atom stereocenters. The summed E-state index contributed by atoms with van der Waals surface area (Å²) in [4.78, 5) is 0. The maximum absolute atomic E-state index is 2.29. The van der Waals surface area contributed by atoms with Gasteiger partial charge in [0, 0.05) is 0 Å². The van der Waals surface area contributed by atoms with Gasteiger partial charge in [0.1, 0.15) is 0 Å². The van der Waals surface area contributed by atoms with E-state index in [0.717, 1.165) is 12.8 Å². The molecule has 0 aromatic heterocycles. The molecule has 3 rings (SSSR count). The third-order valence-corrected chi connectivity index (χ3v) is 5.01. The van der Waals surface area contributed by atoms with Crippen molar-refractivity contribution < 1.29 is 0 Å². The predicted molar refractivity (Wildman–Crippen MR) is 134 cm³/mol. The first kappa shape index (κ1) is 27.2. The lowest BCUT2D eigenvalue weighted by molar-refractivity contribution is 0.496. The van der Waals surface area contributed by atoms with Crippen molar-refractivity contribution in [1.82, 2.24) is 0 Å². The Bertz CT molecular complexity index is 702. The molecule has 0 nitrogen and oxygen atoms in total. The summed E-state index contributed by atoms with van der Waals surface area (Å²) in [5.41, 5.74) is 5.44. The zero-order valence-electron chi connectivity index (χ0n) is 19.8. The van der Waals surface area contributed by atoms with Crippen LogP contribution >= 0.6 is 0 Å². The average Bonchev–Trinajstić information content (AvgIpc) is 3.29. The second-order valence-corrected chi connectivity index (χ2v) is 10.7. The van der Waals surface area contributed by atoms with Gasteiger partial charge in [0.15, 0.2) is 0 Å². The van der Waals surface area contributed by atoms with Crippen molar-refractivity contribution in [3.05, 3.63) is 83.5 Å². The molecular formula is C29H46. The Morgan fingerprint density at radius 3 is 1.52 bits per heavy atom. The number of hydrogen-bond donors (Lipinski definition) is 0. The van der Waals surface area contributed by atoms with Gasteiger partial charge in [-0.1, -0.05) is 142 Å². The van der Waals surface area contributed by atoms with Crippen LogP contribution in [-0.2, 0) is 5.41 Å². The molecule has 1 aromatic carbocycles. The van der Waals surface area contributed by atoms with Crippen molar-refractivity contribution >= 4 is 0 Å². The largest absolute Gasteiger partial charge is 0.0804 e. The molecule has 0 atom stereocenters. The van der Waals surface area contributed by atoms with Gasteiger partial charge in [0.25, 0.3) is 0 Å². The first-order valence-electron chi connectivity index (χ1n) is 10.6. The highest BCUT2D eigenvalue weighted by Crippen LogP contribution is 2.30. The summed E-state index contributed by atoms with van der Waals surface area (Å²) in [5.74, 6) is 0. The molecule has 1 aromatic rings. The molecule has 0 radical (unpaired) electrons. The van der Waals surface area contributed by atoms with E-state index in [-0.39, 0.29) is 7.43 Å². The molecule has 0 aliphatic heterocycles. The number of rotatable bonds is 0. The van der Waals surface area contributed by atoms with Gasteiger partial charge in [-0.25, -0.2) is 0 Å². The third-order valence-electron chi connectivity index (χ3n) is 5.01. The SMILES string of the molecule is C.CC(C)(C)C1=CC=CC1.CC(C)(C)C1=CCC=C1.CC(C)(C)c1ccccc1. The molecule has 0 heteroatoms. The van der Waals surface area contributed by atoms with E-state index >= 15 is 0 Å². The van der Waals surface area contributed by atoms with Gasteiger partial charge < -0.3 is 0 Å². The third kappa shape index (κ3) is 10.5. The van der Waals surface area contributed by atoms with Crippen molar-refractivity contribution in [2.24, 2.45) is 10.8 Å². The molecule has 0 bridgehead atoms. The fourth-order valence-electron chi connectivity index (χ4n) is 2.96. The Hall–Kier alpha value is -1.82. The number of benzene rings is 1. The van der Waals surface area contributed by atoms with Crippen LogP contribution in [0.2, 0.25) is 0 Å². The van der Waals surface area contributed by atoms with E-state index in [1.807, 2.05) is 0 Å². The maximum Gasteiger partial charge on any atom is -0.0127 e. The van der Waals surface area contributed by atoms with Crippen LogP contribution in [-0.4, -0.2) is 0 Å². The highest BCUT2D eigenvalue weighted by Gasteiger charge is 2.16. The van der Waals surface area contributed by atoms with E-state index in [0.29, 0.717) is 16.2 Å². The average molecular weight is 395 g/mol. The summed E-state index contributed by atoms with van der Waals surface area (Å²) >= 11 is 0. The molecule has 0 saturated carbocycles. The zero-order chi connectivity index (χ0) is 21.4. The smallest absolute Gasteiger partial charge is 0.0127 e. The van der Waals surface area contributed by atoms with E-state index in [4.69, 9.17) is 0 Å². The van der Waals surface area contributed by atoms with E-state index in [9.17, 15) is 0 Å². The van der Waals surface area contributed by atoms with Crippen LogP contribution in [0.25, 0.3) is 0 Å². The minimum absolute atomic E-state index is 0. The second-order valence-electron chi connectivity index (χ2n) is 10.7. The van der Waals surface area contributed by atoms with Gasteiger partial charge in [-0.15, -0.1) is 0 Å². The fourth-order valence-corrected chi connectivity index (χ4v) is 2.96. The van der Waals surface area contributed by atoms with Crippen molar-refractivity contribution in [3.8, 4) is 0 Å². The Morgan fingerprint density at radius 1 is 0.690 bits per heavy atom. The molecule has 2 aliphatic carbocycles. The fraction of sp³-hybridized carbons (Fsp3) is 0.517. The van der Waals surface area contributed by atoms with Crippen LogP contribution in [0.15, 0.2) is 77.9 Å². The van der Waals surface area contributed by atoms with E-state index in [1.54, 1.807) is 5.57 Å². The van der Waals surface area contributed by atoms with E-state index in [2.05, 4.69) is 129 Å². The van der Waals surface area contributed by atoms with Crippen LogP contribution in [0.4, 0.5) is 0 Å². The second kappa shape index (κ2) is 11.4. The Balaban J connectivity index is 0.000000399. The summed E-state index contributed by atoms with van der Waals surface area (Å²) in [5, 5.41) is 0. The van der Waals surface area contributed by atoms with Gasteiger partial charge in [-0.3, -0.25) is 0 Å². The van der Waals surface area contributed by atoms with Crippen molar-refractivity contribution in [2.75, 3.05) is 0 Å². The van der Waals surface area contributed by atoms with Crippen LogP contribution < -0.4 is 0 Å². The minimum atomic E-state index is 0. The Labute approximate surface area is 182 Å². The summed E-state index contributed by atoms with van der Waals surface area (Å²) in [6, 6.07) is 10.6. The van der Waals surface area contributed by atoms with Gasteiger partial charge in [-0.2, -0.15) is 0 Å². The number of allylic oxidation sites excluding steroid dienone is 8. The van der Waals surface area contributed by atoms with Crippen molar-refractivity contribution in [2.45, 2.75) is 88.0 Å². The first-order chi connectivity index (χ1) is 12.8. The van der Waals surface area contributed by atoms with Crippen LogP contribution in [0.3, 0.4) is 0 Å². The van der Waals surface area contributed by atoms with Crippen molar-refractivity contribution in [3.63, 3.8) is 0 Å². The predicted octanol–water partition coefficient (Wildman–Crippen LogP) is 9.46. The quantitative estimate of drug-likeness (QED) is 0.411. The molecule has 0 fully saturated rings. The summed E-state index contributed by atoms with van der Waals surface area (Å²) in [6.45, 7) is 20.2. The normalized spacial score (nSPS) is 15.3. The lowest BCUT2D eigenvalue weighted by atomic mass is 9.86. The minimum Gasteiger partial charge on any atom is -0.0804 e. The van der Waals surface area contributed by atoms with E-state index < -0.39 is 0 Å². The molecule has 0 spiro atoms. The molecule has 2 aliphatic rings. The molecular weight excluding hydrogens is 348 g/mol. The highest BCUT2D eigenvalue weighted by atomic mass is 14.2. The van der Waals surface area contributed by atoms with Gasteiger partial charge in [0.2, 0.25) is 0 Å². The molecule has 162 valence electrons. The summed E-state index contributed by atoms with van der Waals surface area (Å²) in [7, 11) is 0. The van der Waals surface area contributed by atoms with Gasteiger partial charge >= 0.3 is 0 Å². The van der Waals surface area contributed by atoms with Gasteiger partial charge in [-0.05, 0) is 40.2 Å². The first-order valence-corrected chi connectivity index (χ1v) is 10.6. The monoisotopic (exact) mass is 394 g/mol. The number of hydrogen-bond acceptors (Lipinski definition) is 0. The molecule has 0 heterocycles. The van der Waals surface area contributed by atoms with Crippen LogP contribution in [0.5, 0.6) is 0 Å². The molecule has 0 N–H and O–H groups in total. The highest BCUT2D eigenvalue weighted by molar-refractivity contribution is 5.30. The molecule has 29 heavy (non-hydrogen) atoms. The standard InChI is InChI=1S/C10H14.2C9H14.CH4/c1-10(2,3)9-7-5-4-6-8-9;2*1-9(2,3)8-6-4-5-7-8;/h4-8H,1-3H3;4,6-7H,5H2,1-3H3;4-6H,7H2,1-3H3;1H4. The Morgan fingerprint density at radius 2 is 1.28 bits per heavy atom. The van der Waals surface area contributed by atoms with Crippen LogP contribution in [0.1, 0.15) is 88.1 Å². The van der Waals surface area contributed by atoms with Gasteiger partial charge in [0.05, 0.1) is 0 Å². The summed E-state index contributed by atoms with van der Waals surface area (Å²) in [6.07, 6.45) is 15.6. The lowest BCUT2D eigenvalue weighted by Crippen LogP contribution is -2.10. The topological polar surface area (TPSA) is 0 Å². The molecule has 0 amide bonds. The van der Waals surface area contributed by atoms with E-state index in [1.165, 1.54) is 11.1 Å². The Kier molecular flexibility index (Phi) is 10.7. The summed E-state index contributed by atoms with van der Waals surface area (Å²) < 4.78 is 0. The lowest BCUT2D eigenvalue weighted by Gasteiger charge is -2.19. The molecule has 0 saturated heterocycles. The van der Waals surface area contributed by atoms with Crippen molar-refractivity contribution in [1.29, 1.82) is 0 Å². The maximum atomic E-state index is 2.29. The van der Waals surface area contributed by atoms with Crippen LogP contribution in [0, 0.1) is 10.8 Å².